The van der Waals surface area contributed by atoms with E-state index in [1.165, 1.54) is 23.1 Å². The van der Waals surface area contributed by atoms with E-state index in [2.05, 4.69) is 21.2 Å². The smallest absolute Gasteiger partial charge is 0.317 e. The van der Waals surface area contributed by atoms with Crippen LogP contribution in [0.25, 0.3) is 0 Å². The molecule has 1 unspecified atom stereocenters. The first-order valence-corrected chi connectivity index (χ1v) is 14.4. The molecule has 0 bridgehead atoms. The first kappa shape index (κ1) is 28.9. The summed E-state index contributed by atoms with van der Waals surface area (Å²) >= 11 is 9.28. The summed E-state index contributed by atoms with van der Waals surface area (Å²) in [5.41, 5.74) is 2.60. The van der Waals surface area contributed by atoms with Gasteiger partial charge < -0.3 is 15.0 Å². The summed E-state index contributed by atoms with van der Waals surface area (Å²) in [6.07, 6.45) is 0.446. The molecule has 2 amide bonds. The first-order valence-electron chi connectivity index (χ1n) is 11.6. The van der Waals surface area contributed by atoms with Crippen LogP contribution < -0.4 is 10.1 Å². The molecule has 0 saturated carbocycles. The molecule has 0 saturated heterocycles. The maximum Gasteiger partial charge on any atom is 0.317 e. The minimum absolute atomic E-state index is 0.0631. The number of aryl methyl sites for hydroxylation is 2. The molecule has 10 heteroatoms. The number of hydrogen-bond acceptors (Lipinski definition) is 4. The number of nitrogens with one attached hydrogen (secondary N) is 1. The van der Waals surface area contributed by atoms with Crippen molar-refractivity contribution in [1.82, 2.24) is 10.2 Å². The van der Waals surface area contributed by atoms with Crippen molar-refractivity contribution in [3.63, 3.8) is 0 Å². The Labute approximate surface area is 230 Å². The molecular weight excluding hydrogens is 583 g/mol. The summed E-state index contributed by atoms with van der Waals surface area (Å²) in [5.74, 6) is 0.0511. The number of ether oxygens (including phenoxy) is 1. The van der Waals surface area contributed by atoms with Gasteiger partial charge in [0, 0.05) is 29.2 Å². The first-order chi connectivity index (χ1) is 17.4. The third-order valence-corrected chi connectivity index (χ3v) is 8.58. The summed E-state index contributed by atoms with van der Waals surface area (Å²) in [5, 5.41) is 2.77. The molecule has 0 aliphatic heterocycles. The predicted molar refractivity (Wildman–Crippen MR) is 148 cm³/mol. The molecule has 0 aliphatic carbocycles. The Hall–Kier alpha value is -2.62. The third-order valence-electron chi connectivity index (χ3n) is 5.98. The van der Waals surface area contributed by atoms with Gasteiger partial charge in [-0.3, -0.25) is 0 Å². The van der Waals surface area contributed by atoms with Crippen LogP contribution in [0.4, 0.5) is 9.18 Å². The molecular formula is C27H29BrClFN2O4S. The van der Waals surface area contributed by atoms with E-state index in [1.54, 1.807) is 37.4 Å². The van der Waals surface area contributed by atoms with Gasteiger partial charge in [-0.1, -0.05) is 46.6 Å². The molecule has 0 heterocycles. The molecule has 37 heavy (non-hydrogen) atoms. The van der Waals surface area contributed by atoms with Gasteiger partial charge in [0.1, 0.15) is 17.3 Å². The quantitative estimate of drug-likeness (QED) is 0.282. The van der Waals surface area contributed by atoms with Crippen molar-refractivity contribution in [2.45, 2.75) is 44.7 Å². The van der Waals surface area contributed by atoms with Crippen molar-refractivity contribution in [2.24, 2.45) is 0 Å². The minimum Gasteiger partial charge on any atom is -0.457 e. The zero-order chi connectivity index (χ0) is 27.3. The van der Waals surface area contributed by atoms with Crippen LogP contribution in [0.2, 0.25) is 5.02 Å². The van der Waals surface area contributed by atoms with E-state index >= 15 is 0 Å². The molecule has 198 valence electrons. The van der Waals surface area contributed by atoms with Gasteiger partial charge in [0.15, 0.2) is 9.84 Å². The fourth-order valence-electron chi connectivity index (χ4n) is 3.56. The van der Waals surface area contributed by atoms with Crippen molar-refractivity contribution in [1.29, 1.82) is 0 Å². The number of rotatable bonds is 9. The molecule has 3 rings (SSSR count). The molecule has 1 atom stereocenters. The Bertz CT molecular complexity index is 1400. The average Bonchev–Trinajstić information content (AvgIpc) is 2.84. The second-order valence-electron chi connectivity index (χ2n) is 8.87. The van der Waals surface area contributed by atoms with E-state index in [0.717, 1.165) is 15.6 Å². The highest BCUT2D eigenvalue weighted by Crippen LogP contribution is 2.31. The zero-order valence-corrected chi connectivity index (χ0v) is 24.2. The van der Waals surface area contributed by atoms with Gasteiger partial charge in [-0.15, -0.1) is 0 Å². The number of hydrogen-bond donors (Lipinski definition) is 1. The van der Waals surface area contributed by atoms with Gasteiger partial charge in [0.2, 0.25) is 0 Å². The Balaban J connectivity index is 1.71. The standard InChI is InChI=1S/C27H29BrClFN2O4S/c1-5-21(16-37(34,35)23-10-6-17(2)18(3)12-23)31-27(33)32(4)15-19-7-8-20(28)13-26(19)36-22-9-11-25(30)24(29)14-22/h6-14,21H,5,15-16H2,1-4H3,(H,31,33). The highest BCUT2D eigenvalue weighted by atomic mass is 79.9. The van der Waals surface area contributed by atoms with E-state index < -0.39 is 27.7 Å². The van der Waals surface area contributed by atoms with Crippen LogP contribution in [0.5, 0.6) is 11.5 Å². The van der Waals surface area contributed by atoms with Crippen LogP contribution in [0.1, 0.15) is 30.0 Å². The zero-order valence-electron chi connectivity index (χ0n) is 21.0. The summed E-state index contributed by atoms with van der Waals surface area (Å²) in [6, 6.07) is 13.5. The number of benzene rings is 3. The lowest BCUT2D eigenvalue weighted by atomic mass is 10.1. The minimum atomic E-state index is -3.59. The van der Waals surface area contributed by atoms with Crippen molar-refractivity contribution < 1.29 is 22.3 Å². The van der Waals surface area contributed by atoms with Crippen LogP contribution in [0.15, 0.2) is 64.0 Å². The number of nitrogens with zero attached hydrogens (tertiary/aromatic N) is 1. The Kier molecular flexibility index (Phi) is 9.61. The van der Waals surface area contributed by atoms with E-state index in [1.807, 2.05) is 26.8 Å². The average molecular weight is 612 g/mol. The van der Waals surface area contributed by atoms with Crippen molar-refractivity contribution in [2.75, 3.05) is 12.8 Å². The van der Waals surface area contributed by atoms with Gasteiger partial charge >= 0.3 is 6.03 Å². The number of carbonyl (C=O) groups excluding carboxylic acids is 1. The van der Waals surface area contributed by atoms with E-state index in [4.69, 9.17) is 16.3 Å². The molecule has 0 radical (unpaired) electrons. The summed E-state index contributed by atoms with van der Waals surface area (Å²) in [7, 11) is -1.98. The SMILES string of the molecule is CCC(CS(=O)(=O)c1ccc(C)c(C)c1)NC(=O)N(C)Cc1ccc(Br)cc1Oc1ccc(F)c(Cl)c1. The molecule has 0 fully saturated rings. The Morgan fingerprint density at radius 2 is 1.84 bits per heavy atom. The molecule has 1 N–H and O–H groups in total. The predicted octanol–water partition coefficient (Wildman–Crippen LogP) is 7.04. The third kappa shape index (κ3) is 7.69. The van der Waals surface area contributed by atoms with E-state index in [-0.39, 0.29) is 22.2 Å². The van der Waals surface area contributed by atoms with E-state index in [0.29, 0.717) is 23.5 Å². The molecule has 6 nitrogen and oxygen atoms in total. The highest BCUT2D eigenvalue weighted by molar-refractivity contribution is 9.10. The fraction of sp³-hybridized carbons (Fsp3) is 0.296. The second kappa shape index (κ2) is 12.3. The van der Waals surface area contributed by atoms with Crippen LogP contribution in [0, 0.1) is 19.7 Å². The van der Waals surface area contributed by atoms with Gasteiger partial charge in [-0.25, -0.2) is 17.6 Å². The topological polar surface area (TPSA) is 75.7 Å². The number of sulfone groups is 1. The molecule has 0 spiro atoms. The fourth-order valence-corrected chi connectivity index (χ4v) is 5.75. The number of urea groups is 1. The van der Waals surface area contributed by atoms with Crippen LogP contribution >= 0.6 is 27.5 Å². The van der Waals surface area contributed by atoms with Crippen molar-refractivity contribution in [3.8, 4) is 11.5 Å². The lowest BCUT2D eigenvalue weighted by Crippen LogP contribution is -2.45. The van der Waals surface area contributed by atoms with Gasteiger partial charge in [-0.05, 0) is 67.8 Å². The molecule has 3 aromatic rings. The molecule has 3 aromatic carbocycles. The number of amides is 2. The van der Waals surface area contributed by atoms with Crippen LogP contribution in [-0.2, 0) is 16.4 Å². The molecule has 0 aliphatic rings. The lowest BCUT2D eigenvalue weighted by Gasteiger charge is -2.24. The van der Waals surface area contributed by atoms with Crippen molar-refractivity contribution in [3.05, 3.63) is 86.6 Å². The van der Waals surface area contributed by atoms with Gasteiger partial charge in [0.25, 0.3) is 0 Å². The number of carbonyl (C=O) groups is 1. The van der Waals surface area contributed by atoms with Crippen molar-refractivity contribution >= 4 is 43.4 Å². The largest absolute Gasteiger partial charge is 0.457 e. The Morgan fingerprint density at radius 3 is 2.49 bits per heavy atom. The highest BCUT2D eigenvalue weighted by Gasteiger charge is 2.24. The van der Waals surface area contributed by atoms with Crippen LogP contribution in [0.3, 0.4) is 0 Å². The van der Waals surface area contributed by atoms with E-state index in [9.17, 15) is 17.6 Å². The Morgan fingerprint density at radius 1 is 1.11 bits per heavy atom. The normalized spacial score (nSPS) is 12.2. The van der Waals surface area contributed by atoms with Gasteiger partial charge in [-0.2, -0.15) is 0 Å². The summed E-state index contributed by atoms with van der Waals surface area (Å²) < 4.78 is 46.2. The lowest BCUT2D eigenvalue weighted by molar-refractivity contribution is 0.203. The second-order valence-corrected chi connectivity index (χ2v) is 12.2. The maximum atomic E-state index is 13.5. The summed E-state index contributed by atoms with van der Waals surface area (Å²) in [6.45, 7) is 5.81. The van der Waals surface area contributed by atoms with Gasteiger partial charge in [0.05, 0.1) is 22.2 Å². The van der Waals surface area contributed by atoms with Crippen LogP contribution in [-0.4, -0.2) is 38.2 Å². The maximum absolute atomic E-state index is 13.5. The molecule has 0 aromatic heterocycles. The number of halogens is 3. The monoisotopic (exact) mass is 610 g/mol. The summed E-state index contributed by atoms with van der Waals surface area (Å²) in [4.78, 5) is 14.7.